The number of fused-ring (bicyclic) bond motifs is 1. The van der Waals surface area contributed by atoms with Crippen LogP contribution in [-0.2, 0) is 0 Å². The lowest BCUT2D eigenvalue weighted by Gasteiger charge is -1.99. The second-order valence-corrected chi connectivity index (χ2v) is 3.70. The first-order chi connectivity index (χ1) is 6.70. The number of hydrogen-bond acceptors (Lipinski definition) is 2. The maximum atomic E-state index is 8.78. The molecule has 2 aromatic rings. The third-order valence-electron chi connectivity index (χ3n) is 1.93. The van der Waals surface area contributed by atoms with Crippen LogP contribution >= 0.6 is 23.8 Å². The maximum absolute atomic E-state index is 8.78. The van der Waals surface area contributed by atoms with Gasteiger partial charge in [-0.1, -0.05) is 23.8 Å². The van der Waals surface area contributed by atoms with E-state index in [-0.39, 0.29) is 0 Å². The van der Waals surface area contributed by atoms with Crippen molar-refractivity contribution in [3.05, 3.63) is 39.5 Å². The van der Waals surface area contributed by atoms with Crippen LogP contribution in [0.5, 0.6) is 0 Å². The number of aromatic amines is 1. The van der Waals surface area contributed by atoms with Gasteiger partial charge in [0.2, 0.25) is 0 Å². The Morgan fingerprint density at radius 2 is 2.14 bits per heavy atom. The summed E-state index contributed by atoms with van der Waals surface area (Å²) in [6.45, 7) is 0. The molecule has 14 heavy (non-hydrogen) atoms. The van der Waals surface area contributed by atoms with Crippen LogP contribution in [0.15, 0.2) is 24.3 Å². The van der Waals surface area contributed by atoms with E-state index >= 15 is 0 Å². The van der Waals surface area contributed by atoms with Crippen molar-refractivity contribution >= 4 is 34.7 Å². The Bertz CT molecular complexity index is 595. The monoisotopic (exact) mass is 220 g/mol. The molecule has 2 nitrogen and oxygen atoms in total. The summed E-state index contributed by atoms with van der Waals surface area (Å²) in [5.41, 5.74) is 1.35. The molecule has 0 saturated heterocycles. The summed E-state index contributed by atoms with van der Waals surface area (Å²) in [5, 5.41) is 10.3. The molecule has 4 heteroatoms. The van der Waals surface area contributed by atoms with E-state index in [9.17, 15) is 0 Å². The minimum absolute atomic E-state index is 0.460. The summed E-state index contributed by atoms with van der Waals surface area (Å²) in [4.78, 5) is 2.97. The Kier molecular flexibility index (Phi) is 2.24. The molecule has 1 aromatic carbocycles. The van der Waals surface area contributed by atoms with Crippen molar-refractivity contribution in [3.8, 4) is 6.07 Å². The van der Waals surface area contributed by atoms with Gasteiger partial charge in [0.15, 0.2) is 0 Å². The molecule has 2 rings (SSSR count). The maximum Gasteiger partial charge on any atom is 0.121 e. The van der Waals surface area contributed by atoms with Gasteiger partial charge in [-0.3, -0.25) is 0 Å². The molecule has 0 bridgehead atoms. The summed E-state index contributed by atoms with van der Waals surface area (Å²) in [5.74, 6) is 0. The molecule has 0 spiro atoms. The second-order valence-electron chi connectivity index (χ2n) is 2.86. The predicted molar refractivity (Wildman–Crippen MR) is 58.9 cm³/mol. The average Bonchev–Trinajstić information content (AvgIpc) is 2.17. The molecule has 0 radical (unpaired) electrons. The largest absolute Gasteiger partial charge is 0.345 e. The van der Waals surface area contributed by atoms with Gasteiger partial charge in [0.05, 0.1) is 5.56 Å². The molecule has 1 N–H and O–H groups in total. The van der Waals surface area contributed by atoms with Crippen molar-refractivity contribution in [1.29, 1.82) is 5.26 Å². The van der Waals surface area contributed by atoms with Crippen LogP contribution in [0.1, 0.15) is 5.56 Å². The SMILES string of the molecule is N#Cc1cc2cc(Cl)ccc2[nH]c1=S. The van der Waals surface area contributed by atoms with Crippen LogP contribution in [-0.4, -0.2) is 4.98 Å². The molecule has 0 aliphatic rings. The van der Waals surface area contributed by atoms with E-state index in [4.69, 9.17) is 29.1 Å². The molecule has 1 heterocycles. The van der Waals surface area contributed by atoms with Gasteiger partial charge in [-0.15, -0.1) is 0 Å². The van der Waals surface area contributed by atoms with Crippen molar-refractivity contribution in [1.82, 2.24) is 4.98 Å². The number of H-pyrrole nitrogens is 1. The normalized spacial score (nSPS) is 10.0. The number of hydrogen-bond donors (Lipinski definition) is 1. The summed E-state index contributed by atoms with van der Waals surface area (Å²) in [7, 11) is 0. The third-order valence-corrected chi connectivity index (χ3v) is 2.48. The number of aromatic nitrogens is 1. The lowest BCUT2D eigenvalue weighted by molar-refractivity contribution is 1.34. The highest BCUT2D eigenvalue weighted by Crippen LogP contribution is 2.18. The highest BCUT2D eigenvalue weighted by atomic mass is 35.5. The molecule has 0 amide bonds. The van der Waals surface area contributed by atoms with E-state index in [0.717, 1.165) is 10.9 Å². The zero-order valence-electron chi connectivity index (χ0n) is 7.04. The lowest BCUT2D eigenvalue weighted by atomic mass is 10.2. The lowest BCUT2D eigenvalue weighted by Crippen LogP contribution is -1.84. The standard InChI is InChI=1S/C10H5ClN2S/c11-8-1-2-9-6(4-8)3-7(5-12)10(14)13-9/h1-4H,(H,13,14). The number of nitrogens with one attached hydrogen (secondary N) is 1. The van der Waals surface area contributed by atoms with Crippen molar-refractivity contribution in [3.63, 3.8) is 0 Å². The first-order valence-electron chi connectivity index (χ1n) is 3.93. The molecule has 0 atom stereocenters. The molecular weight excluding hydrogens is 216 g/mol. The highest BCUT2D eigenvalue weighted by molar-refractivity contribution is 7.71. The molecule has 68 valence electrons. The highest BCUT2D eigenvalue weighted by Gasteiger charge is 1.99. The number of rotatable bonds is 0. The number of nitrogens with zero attached hydrogens (tertiary/aromatic N) is 1. The molecule has 0 saturated carbocycles. The minimum atomic E-state index is 0.460. The Labute approximate surface area is 90.8 Å². The summed E-state index contributed by atoms with van der Waals surface area (Å²) in [6.07, 6.45) is 0. The first-order valence-corrected chi connectivity index (χ1v) is 4.72. The number of nitriles is 1. The zero-order chi connectivity index (χ0) is 10.1. The van der Waals surface area contributed by atoms with E-state index in [0.29, 0.717) is 15.2 Å². The molecule has 0 unspecified atom stereocenters. The van der Waals surface area contributed by atoms with Gasteiger partial charge in [-0.05, 0) is 24.3 Å². The van der Waals surface area contributed by atoms with Crippen molar-refractivity contribution in [2.45, 2.75) is 0 Å². The quantitative estimate of drug-likeness (QED) is 0.691. The average molecular weight is 221 g/mol. The molecular formula is C10H5ClN2S. The molecule has 0 fully saturated rings. The van der Waals surface area contributed by atoms with E-state index in [1.54, 1.807) is 18.2 Å². The first kappa shape index (κ1) is 9.20. The second kappa shape index (κ2) is 3.41. The van der Waals surface area contributed by atoms with Gasteiger partial charge < -0.3 is 4.98 Å². The van der Waals surface area contributed by atoms with E-state index < -0.39 is 0 Å². The number of pyridine rings is 1. The Hall–Kier alpha value is -1.37. The fourth-order valence-corrected chi connectivity index (χ4v) is 1.66. The van der Waals surface area contributed by atoms with Crippen molar-refractivity contribution < 1.29 is 0 Å². The van der Waals surface area contributed by atoms with Gasteiger partial charge in [-0.25, -0.2) is 0 Å². The summed E-state index contributed by atoms with van der Waals surface area (Å²) < 4.78 is 0.460. The summed E-state index contributed by atoms with van der Waals surface area (Å²) >= 11 is 10.8. The van der Waals surface area contributed by atoms with Crippen LogP contribution in [0.4, 0.5) is 0 Å². The topological polar surface area (TPSA) is 39.6 Å². The molecule has 0 aliphatic carbocycles. The van der Waals surface area contributed by atoms with Gasteiger partial charge in [0, 0.05) is 15.9 Å². The Balaban J connectivity index is 2.89. The van der Waals surface area contributed by atoms with Gasteiger partial charge in [0.1, 0.15) is 10.7 Å². The fraction of sp³-hybridized carbons (Fsp3) is 0. The van der Waals surface area contributed by atoms with E-state index in [1.165, 1.54) is 0 Å². The zero-order valence-corrected chi connectivity index (χ0v) is 8.62. The molecule has 0 aliphatic heterocycles. The van der Waals surface area contributed by atoms with Crippen LogP contribution in [0.25, 0.3) is 10.9 Å². The predicted octanol–water partition coefficient (Wildman–Crippen LogP) is 3.42. The minimum Gasteiger partial charge on any atom is -0.345 e. The number of halogens is 1. The van der Waals surface area contributed by atoms with Gasteiger partial charge in [0.25, 0.3) is 0 Å². The van der Waals surface area contributed by atoms with E-state index in [2.05, 4.69) is 4.98 Å². The Morgan fingerprint density at radius 3 is 2.86 bits per heavy atom. The van der Waals surface area contributed by atoms with Crippen LogP contribution in [0.2, 0.25) is 5.02 Å². The summed E-state index contributed by atoms with van der Waals surface area (Å²) in [6, 6.07) is 9.18. The van der Waals surface area contributed by atoms with E-state index in [1.807, 2.05) is 12.1 Å². The van der Waals surface area contributed by atoms with Gasteiger partial charge in [-0.2, -0.15) is 5.26 Å². The smallest absolute Gasteiger partial charge is 0.121 e. The van der Waals surface area contributed by atoms with Crippen LogP contribution in [0, 0.1) is 16.0 Å². The Morgan fingerprint density at radius 1 is 1.36 bits per heavy atom. The van der Waals surface area contributed by atoms with Crippen LogP contribution < -0.4 is 0 Å². The van der Waals surface area contributed by atoms with Gasteiger partial charge >= 0.3 is 0 Å². The van der Waals surface area contributed by atoms with Crippen molar-refractivity contribution in [2.24, 2.45) is 0 Å². The number of benzene rings is 1. The van der Waals surface area contributed by atoms with Crippen LogP contribution in [0.3, 0.4) is 0 Å². The molecule has 1 aromatic heterocycles. The van der Waals surface area contributed by atoms with Crippen molar-refractivity contribution in [2.75, 3.05) is 0 Å². The third kappa shape index (κ3) is 1.50. The fourth-order valence-electron chi connectivity index (χ4n) is 1.26.